The second-order valence-electron chi connectivity index (χ2n) is 7.45. The zero-order valence-electron chi connectivity index (χ0n) is 15.5. The maximum atomic E-state index is 10.2. The van der Waals surface area contributed by atoms with Crippen LogP contribution in [0.3, 0.4) is 0 Å². The minimum absolute atomic E-state index is 0.0266. The lowest BCUT2D eigenvalue weighted by atomic mass is 9.87. The summed E-state index contributed by atoms with van der Waals surface area (Å²) in [5, 5.41) is 23.0. The van der Waals surface area contributed by atoms with Crippen LogP contribution in [0.25, 0.3) is 11.2 Å². The van der Waals surface area contributed by atoms with Crippen LogP contribution in [0.5, 0.6) is 5.75 Å². The molecule has 0 spiro atoms. The summed E-state index contributed by atoms with van der Waals surface area (Å²) in [4.78, 5) is 13.4. The number of anilines is 1. The highest BCUT2D eigenvalue weighted by Crippen LogP contribution is 2.37. The van der Waals surface area contributed by atoms with Gasteiger partial charge in [-0.2, -0.15) is 0 Å². The first-order chi connectivity index (χ1) is 13.7. The van der Waals surface area contributed by atoms with Crippen molar-refractivity contribution in [3.8, 4) is 5.75 Å². The summed E-state index contributed by atoms with van der Waals surface area (Å²) in [6, 6.07) is 5.76. The molecule has 1 aromatic carbocycles. The lowest BCUT2D eigenvalue weighted by Crippen LogP contribution is -2.18. The summed E-state index contributed by atoms with van der Waals surface area (Å²) >= 11 is 0. The lowest BCUT2D eigenvalue weighted by Gasteiger charge is -2.27. The van der Waals surface area contributed by atoms with Crippen molar-refractivity contribution < 1.29 is 14.9 Å². The molecule has 2 aliphatic rings. The Morgan fingerprint density at radius 3 is 2.96 bits per heavy atom. The van der Waals surface area contributed by atoms with Gasteiger partial charge in [-0.25, -0.2) is 15.0 Å². The number of hydrogen-bond donors (Lipinski definition) is 3. The number of aliphatic hydroxyl groups is 1. The Labute approximate surface area is 162 Å². The Morgan fingerprint density at radius 1 is 1.18 bits per heavy atom. The molecule has 1 aliphatic heterocycles. The number of aromatic hydroxyl groups is 1. The molecular weight excluding hydrogens is 358 g/mol. The fourth-order valence-electron chi connectivity index (χ4n) is 4.34. The van der Waals surface area contributed by atoms with Crippen molar-refractivity contribution in [3.63, 3.8) is 0 Å². The Bertz CT molecular complexity index is 1000. The highest BCUT2D eigenvalue weighted by molar-refractivity contribution is 5.83. The van der Waals surface area contributed by atoms with Gasteiger partial charge in [0.15, 0.2) is 17.0 Å². The molecule has 5 rings (SSSR count). The van der Waals surface area contributed by atoms with Crippen LogP contribution in [0.4, 0.5) is 5.82 Å². The number of phenols is 1. The summed E-state index contributed by atoms with van der Waals surface area (Å²) in [5.74, 6) is 1.04. The highest BCUT2D eigenvalue weighted by atomic mass is 16.5. The van der Waals surface area contributed by atoms with Crippen LogP contribution in [-0.2, 0) is 11.2 Å². The number of hydrogen-bond acceptors (Lipinski definition) is 7. The van der Waals surface area contributed by atoms with Crippen molar-refractivity contribution in [3.05, 3.63) is 42.0 Å². The molecule has 28 heavy (non-hydrogen) atoms. The number of ether oxygens (including phenoxy) is 1. The van der Waals surface area contributed by atoms with Crippen LogP contribution in [0.2, 0.25) is 0 Å². The van der Waals surface area contributed by atoms with Gasteiger partial charge < -0.3 is 20.3 Å². The number of aliphatic hydroxyl groups excluding tert-OH is 1. The number of nitrogens with one attached hydrogen (secondary N) is 1. The molecule has 3 heterocycles. The maximum Gasteiger partial charge on any atom is 0.167 e. The van der Waals surface area contributed by atoms with Gasteiger partial charge in [0.05, 0.1) is 25.1 Å². The van der Waals surface area contributed by atoms with Crippen LogP contribution in [0.15, 0.2) is 30.9 Å². The molecule has 0 bridgehead atoms. The third-order valence-corrected chi connectivity index (χ3v) is 5.75. The molecule has 3 atom stereocenters. The lowest BCUT2D eigenvalue weighted by molar-refractivity contribution is -0.0207. The zero-order chi connectivity index (χ0) is 19.1. The molecule has 146 valence electrons. The predicted molar refractivity (Wildman–Crippen MR) is 103 cm³/mol. The topological polar surface area (TPSA) is 105 Å². The zero-order valence-corrected chi connectivity index (χ0v) is 15.5. The van der Waals surface area contributed by atoms with Gasteiger partial charge in [0.1, 0.15) is 18.3 Å². The van der Waals surface area contributed by atoms with E-state index < -0.39 is 0 Å². The van der Waals surface area contributed by atoms with Gasteiger partial charge in [-0.05, 0) is 49.3 Å². The van der Waals surface area contributed by atoms with E-state index in [9.17, 15) is 10.2 Å². The van der Waals surface area contributed by atoms with Gasteiger partial charge in [0, 0.05) is 0 Å². The summed E-state index contributed by atoms with van der Waals surface area (Å²) in [5.41, 5.74) is 3.54. The Morgan fingerprint density at radius 2 is 2.11 bits per heavy atom. The molecule has 8 heteroatoms. The summed E-state index contributed by atoms with van der Waals surface area (Å²) < 4.78 is 7.79. The molecule has 0 saturated carbocycles. The first-order valence-corrected chi connectivity index (χ1v) is 9.75. The second kappa shape index (κ2) is 7.03. The number of nitrogens with zero attached hydrogens (tertiary/aromatic N) is 4. The van der Waals surface area contributed by atoms with Crippen molar-refractivity contribution in [1.29, 1.82) is 0 Å². The monoisotopic (exact) mass is 381 g/mol. The second-order valence-corrected chi connectivity index (χ2v) is 7.45. The van der Waals surface area contributed by atoms with E-state index in [0.29, 0.717) is 22.7 Å². The predicted octanol–water partition coefficient (Wildman–Crippen LogP) is 2.69. The van der Waals surface area contributed by atoms with E-state index in [2.05, 4.69) is 26.3 Å². The van der Waals surface area contributed by atoms with Crippen LogP contribution in [0.1, 0.15) is 49.1 Å². The van der Waals surface area contributed by atoms with Crippen molar-refractivity contribution >= 4 is 17.0 Å². The molecule has 0 amide bonds. The first-order valence-electron chi connectivity index (χ1n) is 9.75. The van der Waals surface area contributed by atoms with Gasteiger partial charge in [-0.15, -0.1) is 0 Å². The van der Waals surface area contributed by atoms with E-state index >= 15 is 0 Å². The smallest absolute Gasteiger partial charge is 0.167 e. The number of phenolic OH excluding ortho intramolecular Hbond substituents is 1. The van der Waals surface area contributed by atoms with E-state index in [1.54, 1.807) is 12.4 Å². The third-order valence-electron chi connectivity index (χ3n) is 5.75. The van der Waals surface area contributed by atoms with Gasteiger partial charge in [0.2, 0.25) is 0 Å². The van der Waals surface area contributed by atoms with E-state index in [4.69, 9.17) is 4.74 Å². The SMILES string of the molecule is OCC1CCC(n2cnc3c(NC4CCCc5c(O)cccc54)ncnc32)O1. The summed E-state index contributed by atoms with van der Waals surface area (Å²) in [6.07, 6.45) is 7.46. The van der Waals surface area contributed by atoms with Gasteiger partial charge in [-0.3, -0.25) is 4.57 Å². The van der Waals surface area contributed by atoms with Gasteiger partial charge in [0.25, 0.3) is 0 Å². The minimum Gasteiger partial charge on any atom is -0.508 e. The van der Waals surface area contributed by atoms with Crippen LogP contribution in [0, 0.1) is 0 Å². The molecular formula is C20H23N5O3. The summed E-state index contributed by atoms with van der Waals surface area (Å²) in [6.45, 7) is 0.0266. The van der Waals surface area contributed by atoms with E-state index in [0.717, 1.165) is 43.2 Å². The maximum absolute atomic E-state index is 10.2. The largest absolute Gasteiger partial charge is 0.508 e. The molecule has 1 saturated heterocycles. The average molecular weight is 381 g/mol. The molecule has 8 nitrogen and oxygen atoms in total. The number of benzene rings is 1. The normalized spacial score (nSPS) is 24.4. The quantitative estimate of drug-likeness (QED) is 0.638. The van der Waals surface area contributed by atoms with Crippen molar-refractivity contribution in [1.82, 2.24) is 19.5 Å². The molecule has 1 fully saturated rings. The third kappa shape index (κ3) is 2.89. The van der Waals surface area contributed by atoms with E-state index in [1.807, 2.05) is 10.6 Å². The number of aromatic nitrogens is 4. The first kappa shape index (κ1) is 17.4. The molecule has 3 unspecified atom stereocenters. The van der Waals surface area contributed by atoms with Crippen molar-refractivity contribution in [2.24, 2.45) is 0 Å². The van der Waals surface area contributed by atoms with Gasteiger partial charge in [-0.1, -0.05) is 12.1 Å². The summed E-state index contributed by atoms with van der Waals surface area (Å²) in [7, 11) is 0. The van der Waals surface area contributed by atoms with Crippen molar-refractivity contribution in [2.45, 2.75) is 50.5 Å². The number of fused-ring (bicyclic) bond motifs is 2. The Balaban J connectivity index is 1.46. The highest BCUT2D eigenvalue weighted by Gasteiger charge is 2.28. The molecule has 0 radical (unpaired) electrons. The fourth-order valence-corrected chi connectivity index (χ4v) is 4.34. The Kier molecular flexibility index (Phi) is 4.37. The van der Waals surface area contributed by atoms with Crippen molar-refractivity contribution in [2.75, 3.05) is 11.9 Å². The van der Waals surface area contributed by atoms with E-state index in [-0.39, 0.29) is 25.0 Å². The molecule has 2 aromatic heterocycles. The van der Waals surface area contributed by atoms with Gasteiger partial charge >= 0.3 is 0 Å². The van der Waals surface area contributed by atoms with Crippen LogP contribution >= 0.6 is 0 Å². The van der Waals surface area contributed by atoms with Crippen LogP contribution in [-0.4, -0.2) is 42.4 Å². The number of rotatable bonds is 4. The van der Waals surface area contributed by atoms with Crippen LogP contribution < -0.4 is 5.32 Å². The fraction of sp³-hybridized carbons (Fsp3) is 0.450. The number of imidazole rings is 1. The molecule has 3 N–H and O–H groups in total. The molecule has 3 aromatic rings. The standard InChI is InChI=1S/C20H23N5O3/c26-9-12-7-8-17(28-12)25-11-23-18-19(21-10-22-20(18)25)24-15-5-1-4-14-13(15)3-2-6-16(14)27/h2-3,6,10-12,15,17,26-27H,1,4-5,7-9H2,(H,21,22,24). The molecule has 1 aliphatic carbocycles. The van der Waals surface area contributed by atoms with E-state index in [1.165, 1.54) is 6.33 Å². The Hall–Kier alpha value is -2.71. The minimum atomic E-state index is -0.169. The average Bonchev–Trinajstić information content (AvgIpc) is 3.36.